The minimum absolute atomic E-state index is 0.0264. The summed E-state index contributed by atoms with van der Waals surface area (Å²) in [5.41, 5.74) is 3.11. The van der Waals surface area contributed by atoms with Crippen LogP contribution < -0.4 is 0 Å². The van der Waals surface area contributed by atoms with Gasteiger partial charge in [-0.1, -0.05) is 11.2 Å². The smallest absolute Gasteiger partial charge is 0.289 e. The van der Waals surface area contributed by atoms with Crippen molar-refractivity contribution in [3.8, 4) is 22.8 Å². The summed E-state index contributed by atoms with van der Waals surface area (Å²) in [4.78, 5) is 28.5. The van der Waals surface area contributed by atoms with Crippen LogP contribution in [0.4, 0.5) is 0 Å². The highest BCUT2D eigenvalue weighted by atomic mass is 16.5. The lowest BCUT2D eigenvalue weighted by molar-refractivity contribution is 0.0674. The summed E-state index contributed by atoms with van der Waals surface area (Å²) in [6.07, 6.45) is 6.77. The third-order valence-electron chi connectivity index (χ3n) is 5.43. The Bertz CT molecular complexity index is 1190. The Morgan fingerprint density at radius 2 is 2.13 bits per heavy atom. The average Bonchev–Trinajstić information content (AvgIpc) is 3.51. The number of furan rings is 1. The SMILES string of the molecule is Cc1cc(-c2cnc(-c3ccccn3)nc2C2CCCN(C(=O)c3ccco3)C2)on1. The summed E-state index contributed by atoms with van der Waals surface area (Å²) >= 11 is 0. The van der Waals surface area contributed by atoms with Crippen LogP contribution in [-0.2, 0) is 0 Å². The van der Waals surface area contributed by atoms with E-state index in [4.69, 9.17) is 13.9 Å². The number of likely N-dealkylation sites (tertiary alicyclic amines) is 1. The van der Waals surface area contributed by atoms with Gasteiger partial charge in [-0.3, -0.25) is 9.78 Å². The minimum Gasteiger partial charge on any atom is -0.459 e. The van der Waals surface area contributed by atoms with E-state index >= 15 is 0 Å². The van der Waals surface area contributed by atoms with Crippen LogP contribution in [0.1, 0.15) is 40.7 Å². The molecule has 156 valence electrons. The van der Waals surface area contributed by atoms with Crippen LogP contribution in [0, 0.1) is 6.92 Å². The molecule has 0 aliphatic carbocycles. The molecular weight excluding hydrogens is 394 g/mol. The van der Waals surface area contributed by atoms with Gasteiger partial charge in [0.15, 0.2) is 17.3 Å². The summed E-state index contributed by atoms with van der Waals surface area (Å²) < 4.78 is 10.8. The quantitative estimate of drug-likeness (QED) is 0.494. The lowest BCUT2D eigenvalue weighted by Gasteiger charge is -2.32. The summed E-state index contributed by atoms with van der Waals surface area (Å²) in [5, 5.41) is 4.02. The molecule has 1 atom stereocenters. The van der Waals surface area contributed by atoms with Gasteiger partial charge in [-0.25, -0.2) is 9.97 Å². The fraction of sp³-hybridized carbons (Fsp3) is 0.261. The fourth-order valence-corrected chi connectivity index (χ4v) is 3.95. The fourth-order valence-electron chi connectivity index (χ4n) is 3.95. The normalized spacial score (nSPS) is 16.4. The number of hydrogen-bond acceptors (Lipinski definition) is 7. The van der Waals surface area contributed by atoms with Crippen LogP contribution in [0.25, 0.3) is 22.8 Å². The van der Waals surface area contributed by atoms with Gasteiger partial charge < -0.3 is 13.8 Å². The van der Waals surface area contributed by atoms with Crippen molar-refractivity contribution in [3.63, 3.8) is 0 Å². The zero-order valence-electron chi connectivity index (χ0n) is 17.1. The lowest BCUT2D eigenvalue weighted by Crippen LogP contribution is -2.39. The number of aromatic nitrogens is 4. The van der Waals surface area contributed by atoms with Gasteiger partial charge >= 0.3 is 0 Å². The molecule has 8 nitrogen and oxygen atoms in total. The van der Waals surface area contributed by atoms with Crippen molar-refractivity contribution in [2.45, 2.75) is 25.7 Å². The molecule has 4 aromatic rings. The highest BCUT2D eigenvalue weighted by Gasteiger charge is 2.30. The molecule has 0 spiro atoms. The second-order valence-corrected chi connectivity index (χ2v) is 7.61. The van der Waals surface area contributed by atoms with Crippen molar-refractivity contribution in [3.05, 3.63) is 72.2 Å². The van der Waals surface area contributed by atoms with Gasteiger partial charge in [0.25, 0.3) is 5.91 Å². The van der Waals surface area contributed by atoms with Gasteiger partial charge in [0.05, 0.1) is 23.2 Å². The van der Waals surface area contributed by atoms with Crippen molar-refractivity contribution < 1.29 is 13.7 Å². The maximum Gasteiger partial charge on any atom is 0.289 e. The van der Waals surface area contributed by atoms with Crippen LogP contribution in [0.15, 0.2) is 64.0 Å². The van der Waals surface area contributed by atoms with E-state index < -0.39 is 0 Å². The third kappa shape index (κ3) is 3.84. The van der Waals surface area contributed by atoms with E-state index in [2.05, 4.69) is 15.1 Å². The number of hydrogen-bond donors (Lipinski definition) is 0. The molecule has 5 heterocycles. The minimum atomic E-state index is -0.106. The molecular formula is C23H21N5O3. The Kier molecular flexibility index (Phi) is 5.03. The van der Waals surface area contributed by atoms with Crippen molar-refractivity contribution in [1.29, 1.82) is 0 Å². The maximum atomic E-state index is 12.8. The number of aryl methyl sites for hydroxylation is 1. The zero-order valence-corrected chi connectivity index (χ0v) is 17.1. The molecule has 1 amide bonds. The number of pyridine rings is 1. The van der Waals surface area contributed by atoms with Crippen molar-refractivity contribution in [1.82, 2.24) is 25.0 Å². The number of carbonyl (C=O) groups excluding carboxylic acids is 1. The van der Waals surface area contributed by atoms with E-state index in [1.165, 1.54) is 6.26 Å². The summed E-state index contributed by atoms with van der Waals surface area (Å²) in [6, 6.07) is 10.9. The first-order chi connectivity index (χ1) is 15.2. The summed E-state index contributed by atoms with van der Waals surface area (Å²) in [5.74, 6) is 1.44. The number of nitrogens with zero attached hydrogens (tertiary/aromatic N) is 5. The van der Waals surface area contributed by atoms with Gasteiger partial charge in [-0.15, -0.1) is 0 Å². The molecule has 1 saturated heterocycles. The van der Waals surface area contributed by atoms with E-state index in [0.29, 0.717) is 36.1 Å². The number of amides is 1. The zero-order chi connectivity index (χ0) is 21.2. The van der Waals surface area contributed by atoms with Gasteiger partial charge in [0.2, 0.25) is 0 Å². The molecule has 5 rings (SSSR count). The monoisotopic (exact) mass is 415 g/mol. The van der Waals surface area contributed by atoms with Crippen LogP contribution in [-0.4, -0.2) is 44.0 Å². The first-order valence-electron chi connectivity index (χ1n) is 10.2. The molecule has 1 aliphatic rings. The maximum absolute atomic E-state index is 12.8. The molecule has 1 unspecified atom stereocenters. The molecule has 1 aliphatic heterocycles. The number of piperidine rings is 1. The molecule has 0 saturated carbocycles. The largest absolute Gasteiger partial charge is 0.459 e. The molecule has 4 aromatic heterocycles. The average molecular weight is 415 g/mol. The number of carbonyl (C=O) groups is 1. The van der Waals surface area contributed by atoms with E-state index in [1.807, 2.05) is 36.1 Å². The highest BCUT2D eigenvalue weighted by Crippen LogP contribution is 2.34. The second-order valence-electron chi connectivity index (χ2n) is 7.61. The molecule has 0 aromatic carbocycles. The highest BCUT2D eigenvalue weighted by molar-refractivity contribution is 5.91. The van der Waals surface area contributed by atoms with E-state index in [1.54, 1.807) is 24.5 Å². The molecule has 0 bridgehead atoms. The second kappa shape index (κ2) is 8.14. The van der Waals surface area contributed by atoms with E-state index in [0.717, 1.165) is 29.8 Å². The van der Waals surface area contributed by atoms with Gasteiger partial charge in [-0.05, 0) is 44.0 Å². The van der Waals surface area contributed by atoms with E-state index in [-0.39, 0.29) is 11.8 Å². The van der Waals surface area contributed by atoms with E-state index in [9.17, 15) is 4.79 Å². The summed E-state index contributed by atoms with van der Waals surface area (Å²) in [6.45, 7) is 3.10. The molecule has 31 heavy (non-hydrogen) atoms. The first-order valence-corrected chi connectivity index (χ1v) is 10.2. The Balaban J connectivity index is 1.53. The van der Waals surface area contributed by atoms with Gasteiger partial charge in [0, 0.05) is 37.5 Å². The van der Waals surface area contributed by atoms with Crippen LogP contribution in [0.2, 0.25) is 0 Å². The van der Waals surface area contributed by atoms with Gasteiger partial charge in [0.1, 0.15) is 5.69 Å². The first kappa shape index (κ1) is 19.2. The van der Waals surface area contributed by atoms with Crippen LogP contribution in [0.5, 0.6) is 0 Å². The van der Waals surface area contributed by atoms with Crippen LogP contribution >= 0.6 is 0 Å². The Morgan fingerprint density at radius 1 is 1.19 bits per heavy atom. The van der Waals surface area contributed by atoms with Crippen molar-refractivity contribution in [2.24, 2.45) is 0 Å². The lowest BCUT2D eigenvalue weighted by atomic mass is 9.91. The predicted octanol–water partition coefficient (Wildman–Crippen LogP) is 4.11. The van der Waals surface area contributed by atoms with Crippen molar-refractivity contribution >= 4 is 5.91 Å². The molecule has 8 heteroatoms. The number of rotatable bonds is 4. The Hall–Kier alpha value is -3.81. The van der Waals surface area contributed by atoms with Gasteiger partial charge in [-0.2, -0.15) is 0 Å². The molecule has 1 fully saturated rings. The molecule has 0 radical (unpaired) electrons. The summed E-state index contributed by atoms with van der Waals surface area (Å²) in [7, 11) is 0. The Labute approximate surface area is 178 Å². The Morgan fingerprint density at radius 3 is 2.87 bits per heavy atom. The predicted molar refractivity (Wildman–Crippen MR) is 112 cm³/mol. The molecule has 0 N–H and O–H groups in total. The third-order valence-corrected chi connectivity index (χ3v) is 5.43. The van der Waals surface area contributed by atoms with Crippen molar-refractivity contribution in [2.75, 3.05) is 13.1 Å². The van der Waals surface area contributed by atoms with Crippen LogP contribution in [0.3, 0.4) is 0 Å². The topological polar surface area (TPSA) is 98.2 Å². The standard InChI is InChI=1S/C23H21N5O3/c1-15-12-20(31-27-15)17-13-25-22(18-7-2-3-9-24-18)26-21(17)16-6-4-10-28(14-16)23(29)19-8-5-11-30-19/h2-3,5,7-9,11-13,16H,4,6,10,14H2,1H3.